The van der Waals surface area contributed by atoms with E-state index < -0.39 is 0 Å². The van der Waals surface area contributed by atoms with E-state index in [4.69, 9.17) is 10.5 Å². The standard InChI is InChI=1S/C7H11NO/c8-4-1-7-2-5-9-6-3-7/h2-3,5H,1,4,6,8H2. The normalized spacial score (nSPS) is 16.8. The van der Waals surface area contributed by atoms with Gasteiger partial charge in [0.15, 0.2) is 0 Å². The fourth-order valence-electron chi connectivity index (χ4n) is 0.766. The lowest BCUT2D eigenvalue weighted by atomic mass is 10.1. The van der Waals surface area contributed by atoms with Gasteiger partial charge in [0.1, 0.15) is 6.61 Å². The Hall–Kier alpha value is -0.760. The van der Waals surface area contributed by atoms with Gasteiger partial charge in [-0.3, -0.25) is 0 Å². The van der Waals surface area contributed by atoms with Crippen LogP contribution in [0.25, 0.3) is 0 Å². The van der Waals surface area contributed by atoms with Crippen molar-refractivity contribution < 1.29 is 4.74 Å². The molecular weight excluding hydrogens is 114 g/mol. The molecule has 0 saturated heterocycles. The van der Waals surface area contributed by atoms with E-state index >= 15 is 0 Å². The quantitative estimate of drug-likeness (QED) is 0.592. The van der Waals surface area contributed by atoms with E-state index in [0.717, 1.165) is 13.0 Å². The van der Waals surface area contributed by atoms with Crippen molar-refractivity contribution in [3.05, 3.63) is 24.0 Å². The Bertz CT molecular complexity index is 138. The van der Waals surface area contributed by atoms with Crippen LogP contribution in [0.5, 0.6) is 0 Å². The first-order valence-electron chi connectivity index (χ1n) is 3.11. The zero-order valence-electron chi connectivity index (χ0n) is 5.34. The van der Waals surface area contributed by atoms with Gasteiger partial charge in [-0.15, -0.1) is 0 Å². The molecule has 2 heteroatoms. The second-order valence-electron chi connectivity index (χ2n) is 1.95. The molecule has 1 aliphatic heterocycles. The average molecular weight is 125 g/mol. The third-order valence-corrected chi connectivity index (χ3v) is 1.25. The first kappa shape index (κ1) is 6.36. The highest BCUT2D eigenvalue weighted by atomic mass is 16.5. The summed E-state index contributed by atoms with van der Waals surface area (Å²) in [6, 6.07) is 0. The first-order valence-corrected chi connectivity index (χ1v) is 3.11. The average Bonchev–Trinajstić information content (AvgIpc) is 1.91. The van der Waals surface area contributed by atoms with E-state index in [1.165, 1.54) is 5.57 Å². The zero-order valence-corrected chi connectivity index (χ0v) is 5.34. The maximum atomic E-state index is 5.34. The minimum absolute atomic E-state index is 0.700. The fraction of sp³-hybridized carbons (Fsp3) is 0.429. The Morgan fingerprint density at radius 3 is 3.11 bits per heavy atom. The Balaban J connectivity index is 2.38. The predicted octanol–water partition coefficient (Wildman–Crippen LogP) is 0.806. The van der Waals surface area contributed by atoms with Crippen LogP contribution in [0.15, 0.2) is 24.0 Å². The van der Waals surface area contributed by atoms with E-state index in [-0.39, 0.29) is 0 Å². The molecular formula is C7H11NO. The summed E-state index contributed by atoms with van der Waals surface area (Å²) in [6.45, 7) is 1.42. The van der Waals surface area contributed by atoms with Gasteiger partial charge in [0, 0.05) is 0 Å². The summed E-state index contributed by atoms with van der Waals surface area (Å²) in [4.78, 5) is 0. The van der Waals surface area contributed by atoms with Crippen molar-refractivity contribution in [2.24, 2.45) is 5.73 Å². The molecule has 1 rings (SSSR count). The molecule has 2 N–H and O–H groups in total. The van der Waals surface area contributed by atoms with Crippen molar-refractivity contribution in [3.63, 3.8) is 0 Å². The van der Waals surface area contributed by atoms with Crippen LogP contribution in [0.2, 0.25) is 0 Å². The summed E-state index contributed by atoms with van der Waals surface area (Å²) < 4.78 is 4.95. The van der Waals surface area contributed by atoms with Crippen LogP contribution in [0.1, 0.15) is 6.42 Å². The molecule has 1 aliphatic rings. The van der Waals surface area contributed by atoms with Crippen molar-refractivity contribution in [3.8, 4) is 0 Å². The monoisotopic (exact) mass is 125 g/mol. The number of nitrogens with two attached hydrogens (primary N) is 1. The van der Waals surface area contributed by atoms with Crippen LogP contribution < -0.4 is 5.73 Å². The second-order valence-corrected chi connectivity index (χ2v) is 1.95. The number of hydrogen-bond donors (Lipinski definition) is 1. The molecule has 0 unspecified atom stereocenters. The fourth-order valence-corrected chi connectivity index (χ4v) is 0.766. The van der Waals surface area contributed by atoms with Crippen LogP contribution >= 0.6 is 0 Å². The first-order chi connectivity index (χ1) is 4.43. The molecule has 0 aliphatic carbocycles. The predicted molar refractivity (Wildman–Crippen MR) is 36.8 cm³/mol. The third kappa shape index (κ3) is 1.90. The Kier molecular flexibility index (Phi) is 2.33. The summed E-state index contributed by atoms with van der Waals surface area (Å²) in [6.07, 6.45) is 6.67. The van der Waals surface area contributed by atoms with Crippen LogP contribution in [0.3, 0.4) is 0 Å². The van der Waals surface area contributed by atoms with Crippen molar-refractivity contribution in [2.75, 3.05) is 13.2 Å². The van der Waals surface area contributed by atoms with E-state index in [2.05, 4.69) is 0 Å². The SMILES string of the molecule is NCCC1=CCOC=C1. The van der Waals surface area contributed by atoms with Crippen LogP contribution in [-0.4, -0.2) is 13.2 Å². The van der Waals surface area contributed by atoms with Crippen LogP contribution in [0.4, 0.5) is 0 Å². The minimum Gasteiger partial charge on any atom is -0.497 e. The van der Waals surface area contributed by atoms with Crippen molar-refractivity contribution in [2.45, 2.75) is 6.42 Å². The molecule has 50 valence electrons. The van der Waals surface area contributed by atoms with Crippen molar-refractivity contribution in [1.82, 2.24) is 0 Å². The zero-order chi connectivity index (χ0) is 6.53. The van der Waals surface area contributed by atoms with Gasteiger partial charge in [0.05, 0.1) is 6.26 Å². The van der Waals surface area contributed by atoms with Gasteiger partial charge in [0.2, 0.25) is 0 Å². The molecule has 0 aromatic heterocycles. The summed E-state index contributed by atoms with van der Waals surface area (Å²) in [5.41, 5.74) is 6.63. The lowest BCUT2D eigenvalue weighted by molar-refractivity contribution is 0.284. The van der Waals surface area contributed by atoms with Crippen molar-refractivity contribution >= 4 is 0 Å². The summed E-state index contributed by atoms with van der Waals surface area (Å²) in [5.74, 6) is 0. The minimum atomic E-state index is 0.700. The highest BCUT2D eigenvalue weighted by molar-refractivity contribution is 5.19. The lowest BCUT2D eigenvalue weighted by Crippen LogP contribution is -2.01. The number of hydrogen-bond acceptors (Lipinski definition) is 2. The maximum Gasteiger partial charge on any atom is 0.106 e. The molecule has 1 heterocycles. The maximum absolute atomic E-state index is 5.34. The molecule has 0 atom stereocenters. The molecule has 0 fully saturated rings. The summed E-state index contributed by atoms with van der Waals surface area (Å²) >= 11 is 0. The number of rotatable bonds is 2. The Labute approximate surface area is 55.0 Å². The Morgan fingerprint density at radius 1 is 1.67 bits per heavy atom. The van der Waals surface area contributed by atoms with Crippen molar-refractivity contribution in [1.29, 1.82) is 0 Å². The van der Waals surface area contributed by atoms with Gasteiger partial charge in [-0.05, 0) is 30.7 Å². The van der Waals surface area contributed by atoms with Crippen LogP contribution in [-0.2, 0) is 4.74 Å². The smallest absolute Gasteiger partial charge is 0.106 e. The molecule has 0 bridgehead atoms. The van der Waals surface area contributed by atoms with Gasteiger partial charge < -0.3 is 10.5 Å². The van der Waals surface area contributed by atoms with E-state index in [1.54, 1.807) is 6.26 Å². The molecule has 0 aromatic rings. The molecule has 2 nitrogen and oxygen atoms in total. The molecule has 0 amide bonds. The topological polar surface area (TPSA) is 35.2 Å². The summed E-state index contributed by atoms with van der Waals surface area (Å²) in [5, 5.41) is 0. The largest absolute Gasteiger partial charge is 0.497 e. The lowest BCUT2D eigenvalue weighted by Gasteiger charge is -2.05. The van der Waals surface area contributed by atoms with E-state index in [9.17, 15) is 0 Å². The van der Waals surface area contributed by atoms with Crippen LogP contribution in [0, 0.1) is 0 Å². The van der Waals surface area contributed by atoms with E-state index in [0.29, 0.717) is 6.61 Å². The molecule has 0 spiro atoms. The second kappa shape index (κ2) is 3.30. The van der Waals surface area contributed by atoms with E-state index in [1.807, 2.05) is 12.2 Å². The highest BCUT2D eigenvalue weighted by Crippen LogP contribution is 2.05. The van der Waals surface area contributed by atoms with Gasteiger partial charge in [-0.25, -0.2) is 0 Å². The van der Waals surface area contributed by atoms with Gasteiger partial charge >= 0.3 is 0 Å². The molecule has 0 aromatic carbocycles. The number of ether oxygens (including phenoxy) is 1. The third-order valence-electron chi connectivity index (χ3n) is 1.25. The number of allylic oxidation sites excluding steroid dienone is 1. The summed E-state index contributed by atoms with van der Waals surface area (Å²) in [7, 11) is 0. The Morgan fingerprint density at radius 2 is 2.56 bits per heavy atom. The molecule has 9 heavy (non-hydrogen) atoms. The van der Waals surface area contributed by atoms with Gasteiger partial charge in [0.25, 0.3) is 0 Å². The highest BCUT2D eigenvalue weighted by Gasteiger charge is 1.93. The van der Waals surface area contributed by atoms with Gasteiger partial charge in [-0.2, -0.15) is 0 Å². The molecule has 0 saturated carbocycles. The van der Waals surface area contributed by atoms with Gasteiger partial charge in [-0.1, -0.05) is 0 Å². The molecule has 0 radical (unpaired) electrons.